The predicted molar refractivity (Wildman–Crippen MR) is 116 cm³/mol. The fourth-order valence-electron chi connectivity index (χ4n) is 2.89. The molecule has 0 aliphatic heterocycles. The number of anilines is 1. The van der Waals surface area contributed by atoms with Crippen molar-refractivity contribution in [2.75, 3.05) is 16.8 Å². The van der Waals surface area contributed by atoms with E-state index < -0.39 is 44.4 Å². The number of nitrogens with one attached hydrogen (secondary N) is 1. The number of nitriles is 1. The van der Waals surface area contributed by atoms with E-state index in [4.69, 9.17) is 16.9 Å². The maximum absolute atomic E-state index is 13.2. The first kappa shape index (κ1) is 26.6. The highest BCUT2D eigenvalue weighted by Gasteiger charge is 2.43. The highest BCUT2D eigenvalue weighted by atomic mass is 35.5. The number of nitrogens with zero attached hydrogens (tertiary/aromatic N) is 2. The van der Waals surface area contributed by atoms with Gasteiger partial charge < -0.3 is 10.4 Å². The molecule has 0 aliphatic carbocycles. The Kier molecular flexibility index (Phi) is 8.11. The van der Waals surface area contributed by atoms with E-state index in [2.05, 4.69) is 10.3 Å². The van der Waals surface area contributed by atoms with Crippen molar-refractivity contribution >= 4 is 33.0 Å². The Morgan fingerprint density at radius 1 is 1.27 bits per heavy atom. The van der Waals surface area contributed by atoms with Crippen molar-refractivity contribution in [2.24, 2.45) is 5.92 Å². The van der Waals surface area contributed by atoms with Gasteiger partial charge in [-0.25, -0.2) is 13.4 Å². The van der Waals surface area contributed by atoms with Gasteiger partial charge in [-0.2, -0.15) is 18.4 Å². The fourth-order valence-corrected chi connectivity index (χ4v) is 4.92. The molecule has 1 heterocycles. The molecule has 0 saturated carbocycles. The number of alkyl halides is 3. The van der Waals surface area contributed by atoms with Gasteiger partial charge in [-0.15, -0.1) is 0 Å². The summed E-state index contributed by atoms with van der Waals surface area (Å²) in [4.78, 5) is 16.8. The minimum Gasteiger partial charge on any atom is -0.374 e. The molecule has 0 radical (unpaired) electrons. The zero-order chi connectivity index (χ0) is 25.0. The Morgan fingerprint density at radius 3 is 2.45 bits per heavy atom. The molecule has 2 N–H and O–H groups in total. The van der Waals surface area contributed by atoms with Crippen LogP contribution >= 0.6 is 11.6 Å². The van der Waals surface area contributed by atoms with Gasteiger partial charge >= 0.3 is 6.18 Å². The van der Waals surface area contributed by atoms with E-state index in [9.17, 15) is 31.5 Å². The van der Waals surface area contributed by atoms with Crippen LogP contribution in [0.1, 0.15) is 37.0 Å². The highest BCUT2D eigenvalue weighted by molar-refractivity contribution is 7.91. The van der Waals surface area contributed by atoms with Gasteiger partial charge in [0.1, 0.15) is 5.15 Å². The van der Waals surface area contributed by atoms with Gasteiger partial charge in [0.25, 0.3) is 5.91 Å². The maximum atomic E-state index is 13.2. The molecule has 1 amide bonds. The second kappa shape index (κ2) is 10.1. The highest BCUT2D eigenvalue weighted by Crippen LogP contribution is 2.34. The maximum Gasteiger partial charge on any atom is 0.417 e. The lowest BCUT2D eigenvalue weighted by Crippen LogP contribution is -2.46. The molecule has 33 heavy (non-hydrogen) atoms. The number of aromatic nitrogens is 1. The van der Waals surface area contributed by atoms with Crippen LogP contribution in [0.5, 0.6) is 0 Å². The standard InChI is InChI=1S/C21H21ClF3N3O4S/c1-13(2)7-8-33(31,32)12-20(30,15-4-6-18(22)27-11-15)19(29)28-16-5-3-14(10-26)17(9-16)21(23,24)25/h3-6,9,11,13,30H,7-8,12H2,1-2H3,(H,28,29). The number of pyridine rings is 1. The van der Waals surface area contributed by atoms with Crippen molar-refractivity contribution in [1.82, 2.24) is 4.98 Å². The number of hydrogen-bond donors (Lipinski definition) is 2. The average molecular weight is 504 g/mol. The van der Waals surface area contributed by atoms with Gasteiger partial charge in [0, 0.05) is 17.4 Å². The van der Waals surface area contributed by atoms with Gasteiger partial charge in [-0.3, -0.25) is 4.79 Å². The molecule has 1 aromatic heterocycles. The smallest absolute Gasteiger partial charge is 0.374 e. The Labute approximate surface area is 194 Å². The third kappa shape index (κ3) is 6.90. The van der Waals surface area contributed by atoms with Gasteiger partial charge in [-0.1, -0.05) is 31.5 Å². The third-order valence-corrected chi connectivity index (χ3v) is 6.66. The normalized spacial score (nSPS) is 13.9. The van der Waals surface area contributed by atoms with E-state index >= 15 is 0 Å². The van der Waals surface area contributed by atoms with Crippen LogP contribution in [-0.4, -0.2) is 35.9 Å². The summed E-state index contributed by atoms with van der Waals surface area (Å²) in [5.41, 5.74) is -5.20. The molecule has 0 aliphatic rings. The van der Waals surface area contributed by atoms with E-state index in [0.717, 1.165) is 18.3 Å². The Morgan fingerprint density at radius 2 is 1.94 bits per heavy atom. The summed E-state index contributed by atoms with van der Waals surface area (Å²) in [6.45, 7) is 3.61. The van der Waals surface area contributed by atoms with Crippen molar-refractivity contribution in [3.05, 3.63) is 58.4 Å². The van der Waals surface area contributed by atoms with Crippen LogP contribution in [0.4, 0.5) is 18.9 Å². The second-order valence-electron chi connectivity index (χ2n) is 7.83. The molecule has 0 saturated heterocycles. The van der Waals surface area contributed by atoms with Crippen LogP contribution in [0.25, 0.3) is 0 Å². The first-order valence-electron chi connectivity index (χ1n) is 9.65. The molecule has 7 nitrogen and oxygen atoms in total. The summed E-state index contributed by atoms with van der Waals surface area (Å²) in [5.74, 6) is -2.57. The molecule has 2 rings (SSSR count). The molecule has 1 atom stereocenters. The Balaban J connectivity index is 2.47. The van der Waals surface area contributed by atoms with E-state index in [1.165, 1.54) is 18.2 Å². The van der Waals surface area contributed by atoms with E-state index in [1.54, 1.807) is 13.8 Å². The molecule has 0 fully saturated rings. The fraction of sp³-hybridized carbons (Fsp3) is 0.381. The molecule has 1 unspecified atom stereocenters. The summed E-state index contributed by atoms with van der Waals surface area (Å²) in [6.07, 6.45) is -3.58. The number of carbonyl (C=O) groups is 1. The number of sulfone groups is 1. The summed E-state index contributed by atoms with van der Waals surface area (Å²) in [6, 6.07) is 6.29. The lowest BCUT2D eigenvalue weighted by Gasteiger charge is -2.27. The lowest BCUT2D eigenvalue weighted by atomic mass is 9.96. The number of benzene rings is 1. The zero-order valence-corrected chi connectivity index (χ0v) is 19.2. The van der Waals surface area contributed by atoms with Crippen LogP contribution in [0.15, 0.2) is 36.5 Å². The van der Waals surface area contributed by atoms with Crippen LogP contribution in [0.3, 0.4) is 0 Å². The SMILES string of the molecule is CC(C)CCS(=O)(=O)CC(O)(C(=O)Nc1ccc(C#N)c(C(F)(F)F)c1)c1ccc(Cl)nc1. The van der Waals surface area contributed by atoms with Crippen LogP contribution in [0.2, 0.25) is 5.15 Å². The summed E-state index contributed by atoms with van der Waals surface area (Å²) in [7, 11) is -3.97. The number of hydrogen-bond acceptors (Lipinski definition) is 6. The van der Waals surface area contributed by atoms with Gasteiger partial charge in [0.2, 0.25) is 0 Å². The van der Waals surface area contributed by atoms with E-state index in [1.807, 2.05) is 0 Å². The Bertz CT molecular complexity index is 1160. The zero-order valence-electron chi connectivity index (χ0n) is 17.6. The lowest BCUT2D eigenvalue weighted by molar-refractivity contribution is -0.138. The predicted octanol–water partition coefficient (Wildman–Crippen LogP) is 3.91. The molecule has 12 heteroatoms. The number of amides is 1. The van der Waals surface area contributed by atoms with E-state index in [-0.39, 0.29) is 34.5 Å². The summed E-state index contributed by atoms with van der Waals surface area (Å²) >= 11 is 5.73. The number of halogens is 4. The summed E-state index contributed by atoms with van der Waals surface area (Å²) < 4.78 is 65.0. The number of rotatable bonds is 8. The molecule has 0 spiro atoms. The monoisotopic (exact) mass is 503 g/mol. The van der Waals surface area contributed by atoms with Gasteiger partial charge in [0.15, 0.2) is 15.4 Å². The minimum atomic E-state index is -4.87. The quantitative estimate of drug-likeness (QED) is 0.527. The van der Waals surface area contributed by atoms with Crippen molar-refractivity contribution in [3.63, 3.8) is 0 Å². The Hall–Kier alpha value is -2.68. The molecular weight excluding hydrogens is 483 g/mol. The molecule has 1 aromatic carbocycles. The number of aliphatic hydroxyl groups is 1. The van der Waals surface area contributed by atoms with Crippen molar-refractivity contribution in [3.8, 4) is 6.07 Å². The van der Waals surface area contributed by atoms with Crippen LogP contribution in [0, 0.1) is 17.2 Å². The molecular formula is C21H21ClF3N3O4S. The molecule has 2 aromatic rings. The van der Waals surface area contributed by atoms with Crippen LogP contribution < -0.4 is 5.32 Å². The van der Waals surface area contributed by atoms with Gasteiger partial charge in [-0.05, 0) is 36.6 Å². The topological polar surface area (TPSA) is 120 Å². The average Bonchev–Trinajstić information content (AvgIpc) is 2.71. The van der Waals surface area contributed by atoms with Crippen molar-refractivity contribution in [1.29, 1.82) is 5.26 Å². The summed E-state index contributed by atoms with van der Waals surface area (Å²) in [5, 5.41) is 22.2. The van der Waals surface area contributed by atoms with Crippen molar-refractivity contribution < 1.29 is 31.5 Å². The number of carbonyl (C=O) groups excluding carboxylic acids is 1. The van der Waals surface area contributed by atoms with E-state index in [0.29, 0.717) is 6.07 Å². The first-order valence-corrected chi connectivity index (χ1v) is 11.9. The largest absolute Gasteiger partial charge is 0.417 e. The minimum absolute atomic E-state index is 0.0195. The van der Waals surface area contributed by atoms with Crippen molar-refractivity contribution in [2.45, 2.75) is 32.0 Å². The van der Waals surface area contributed by atoms with Crippen LogP contribution in [-0.2, 0) is 26.4 Å². The molecule has 0 bridgehead atoms. The van der Waals surface area contributed by atoms with Gasteiger partial charge in [0.05, 0.1) is 28.7 Å². The third-order valence-electron chi connectivity index (χ3n) is 4.72. The molecule has 178 valence electrons. The second-order valence-corrected chi connectivity index (χ2v) is 10.4. The first-order chi connectivity index (χ1) is 15.2.